The number of carboxylic acids is 1. The molecule has 126 valence electrons. The molecule has 0 aliphatic rings. The number of carbonyl (C=O) groups is 1. The van der Waals surface area contributed by atoms with E-state index in [4.69, 9.17) is 0 Å². The van der Waals surface area contributed by atoms with Crippen molar-refractivity contribution in [1.29, 1.82) is 0 Å². The molecule has 1 heterocycles. The van der Waals surface area contributed by atoms with E-state index in [2.05, 4.69) is 20.6 Å². The van der Waals surface area contributed by atoms with E-state index < -0.39 is 17.6 Å². The van der Waals surface area contributed by atoms with Crippen LogP contribution in [0.1, 0.15) is 10.4 Å². The van der Waals surface area contributed by atoms with E-state index in [0.29, 0.717) is 23.0 Å². The third-order valence-corrected chi connectivity index (χ3v) is 3.28. The minimum absolute atomic E-state index is 0.0937. The Balaban J connectivity index is 1.82. The molecule has 3 aromatic rings. The summed E-state index contributed by atoms with van der Waals surface area (Å²) in [6.45, 7) is 0. The monoisotopic (exact) mass is 342 g/mol. The van der Waals surface area contributed by atoms with E-state index in [9.17, 15) is 18.7 Å². The number of anilines is 4. The highest BCUT2D eigenvalue weighted by Crippen LogP contribution is 2.22. The van der Waals surface area contributed by atoms with E-state index in [-0.39, 0.29) is 5.56 Å². The van der Waals surface area contributed by atoms with E-state index in [0.717, 1.165) is 12.1 Å². The number of carboxylic acid groups (broad SMARTS) is 1. The Morgan fingerprint density at radius 2 is 1.64 bits per heavy atom. The van der Waals surface area contributed by atoms with Crippen LogP contribution in [0.25, 0.3) is 0 Å². The molecule has 0 spiro atoms. The van der Waals surface area contributed by atoms with Gasteiger partial charge in [0.05, 0.1) is 11.3 Å². The molecule has 0 saturated heterocycles. The topological polar surface area (TPSA) is 87.1 Å². The lowest BCUT2D eigenvalue weighted by atomic mass is 10.2. The van der Waals surface area contributed by atoms with Crippen LogP contribution in [0.2, 0.25) is 0 Å². The van der Waals surface area contributed by atoms with Crippen LogP contribution < -0.4 is 10.6 Å². The van der Waals surface area contributed by atoms with Crippen LogP contribution in [0, 0.1) is 11.6 Å². The van der Waals surface area contributed by atoms with Crippen molar-refractivity contribution in [1.82, 2.24) is 9.97 Å². The molecule has 0 fully saturated rings. The molecule has 0 bridgehead atoms. The van der Waals surface area contributed by atoms with E-state index in [1.807, 2.05) is 0 Å². The summed E-state index contributed by atoms with van der Waals surface area (Å²) in [5.74, 6) is -2.32. The van der Waals surface area contributed by atoms with Crippen molar-refractivity contribution in [3.8, 4) is 0 Å². The van der Waals surface area contributed by atoms with E-state index >= 15 is 0 Å². The van der Waals surface area contributed by atoms with Gasteiger partial charge < -0.3 is 15.7 Å². The van der Waals surface area contributed by atoms with Crippen molar-refractivity contribution in [2.45, 2.75) is 0 Å². The smallest absolute Gasteiger partial charge is 0.337 e. The summed E-state index contributed by atoms with van der Waals surface area (Å²) in [5.41, 5.74) is 0.776. The molecule has 0 aliphatic heterocycles. The summed E-state index contributed by atoms with van der Waals surface area (Å²) in [7, 11) is 0. The van der Waals surface area contributed by atoms with Gasteiger partial charge in [0.2, 0.25) is 0 Å². The molecule has 3 rings (SSSR count). The molecular weight excluding hydrogens is 330 g/mol. The summed E-state index contributed by atoms with van der Waals surface area (Å²) >= 11 is 0. The third kappa shape index (κ3) is 3.86. The quantitative estimate of drug-likeness (QED) is 0.651. The molecule has 1 aromatic heterocycles. The van der Waals surface area contributed by atoms with Crippen LogP contribution in [-0.4, -0.2) is 21.0 Å². The van der Waals surface area contributed by atoms with E-state index in [1.54, 1.807) is 18.2 Å². The zero-order valence-corrected chi connectivity index (χ0v) is 12.7. The first-order valence-electron chi connectivity index (χ1n) is 7.16. The molecule has 0 aliphatic carbocycles. The Morgan fingerprint density at radius 3 is 2.36 bits per heavy atom. The molecule has 0 saturated carbocycles. The Kier molecular flexibility index (Phi) is 4.51. The standard InChI is InChI=1S/C17H12F2N4O2/c18-12-6-5-10(7-13(12)19)22-15-8-16(21-9-20-15)23-14-4-2-1-3-11(14)17(24)25/h1-9H,(H,24,25)(H2,20,21,22,23). The van der Waals surface area contributed by atoms with Crippen LogP contribution in [0.15, 0.2) is 54.9 Å². The Bertz CT molecular complexity index is 934. The highest BCUT2D eigenvalue weighted by Gasteiger charge is 2.10. The lowest BCUT2D eigenvalue weighted by Gasteiger charge is -2.10. The minimum atomic E-state index is -1.07. The van der Waals surface area contributed by atoms with Crippen molar-refractivity contribution in [2.75, 3.05) is 10.6 Å². The van der Waals surface area contributed by atoms with Crippen molar-refractivity contribution >= 4 is 29.0 Å². The number of rotatable bonds is 5. The average Bonchev–Trinajstić information content (AvgIpc) is 2.59. The molecule has 6 nitrogen and oxygen atoms in total. The fourth-order valence-corrected chi connectivity index (χ4v) is 2.13. The summed E-state index contributed by atoms with van der Waals surface area (Å²) in [6.07, 6.45) is 1.26. The predicted molar refractivity (Wildman–Crippen MR) is 88.4 cm³/mol. The average molecular weight is 342 g/mol. The largest absolute Gasteiger partial charge is 0.478 e. The number of nitrogens with zero attached hydrogens (tertiary/aromatic N) is 2. The Morgan fingerprint density at radius 1 is 0.920 bits per heavy atom. The van der Waals surface area contributed by atoms with Crippen LogP contribution in [0.5, 0.6) is 0 Å². The number of benzene rings is 2. The second-order valence-corrected chi connectivity index (χ2v) is 5.02. The van der Waals surface area contributed by atoms with Crippen molar-refractivity contribution in [3.05, 3.63) is 72.1 Å². The Hall–Kier alpha value is -3.55. The number of hydrogen-bond donors (Lipinski definition) is 3. The minimum Gasteiger partial charge on any atom is -0.478 e. The second-order valence-electron chi connectivity index (χ2n) is 5.02. The van der Waals surface area contributed by atoms with Gasteiger partial charge in [0, 0.05) is 17.8 Å². The molecule has 2 aromatic carbocycles. The Labute approximate surface area is 141 Å². The van der Waals surface area contributed by atoms with Crippen LogP contribution in [0.3, 0.4) is 0 Å². The van der Waals surface area contributed by atoms with Crippen molar-refractivity contribution in [3.63, 3.8) is 0 Å². The number of para-hydroxylation sites is 1. The van der Waals surface area contributed by atoms with Crippen LogP contribution in [0.4, 0.5) is 31.8 Å². The van der Waals surface area contributed by atoms with Gasteiger partial charge in [0.1, 0.15) is 18.0 Å². The summed E-state index contributed by atoms with van der Waals surface area (Å²) < 4.78 is 26.2. The molecule has 0 radical (unpaired) electrons. The molecule has 25 heavy (non-hydrogen) atoms. The van der Waals surface area contributed by atoms with Crippen molar-refractivity contribution < 1.29 is 18.7 Å². The number of aromatic nitrogens is 2. The molecule has 0 atom stereocenters. The first-order valence-corrected chi connectivity index (χ1v) is 7.16. The number of nitrogens with one attached hydrogen (secondary N) is 2. The van der Waals surface area contributed by atoms with Gasteiger partial charge >= 0.3 is 5.97 Å². The first-order chi connectivity index (χ1) is 12.0. The van der Waals surface area contributed by atoms with Gasteiger partial charge in [-0.2, -0.15) is 0 Å². The third-order valence-electron chi connectivity index (χ3n) is 3.28. The summed E-state index contributed by atoms with van der Waals surface area (Å²) in [4.78, 5) is 19.2. The number of aromatic carboxylic acids is 1. The predicted octanol–water partition coefficient (Wildman–Crippen LogP) is 3.94. The fourth-order valence-electron chi connectivity index (χ4n) is 2.13. The molecule has 0 amide bonds. The van der Waals surface area contributed by atoms with Crippen molar-refractivity contribution in [2.24, 2.45) is 0 Å². The highest BCUT2D eigenvalue weighted by atomic mass is 19.2. The van der Waals surface area contributed by atoms with Gasteiger partial charge in [-0.15, -0.1) is 0 Å². The highest BCUT2D eigenvalue weighted by molar-refractivity contribution is 5.95. The molecule has 8 heteroatoms. The van der Waals surface area contributed by atoms with Crippen LogP contribution >= 0.6 is 0 Å². The second kappa shape index (κ2) is 6.91. The van der Waals surface area contributed by atoms with Gasteiger partial charge in [-0.25, -0.2) is 23.5 Å². The zero-order valence-electron chi connectivity index (χ0n) is 12.7. The molecular formula is C17H12F2N4O2. The summed E-state index contributed by atoms with van der Waals surface area (Å²) in [6, 6.07) is 11.3. The maximum Gasteiger partial charge on any atom is 0.337 e. The molecule has 0 unspecified atom stereocenters. The van der Waals surface area contributed by atoms with Gasteiger partial charge in [-0.3, -0.25) is 0 Å². The lowest BCUT2D eigenvalue weighted by molar-refractivity contribution is 0.0698. The van der Waals surface area contributed by atoms with Gasteiger partial charge in [-0.05, 0) is 24.3 Å². The fraction of sp³-hybridized carbons (Fsp3) is 0. The maximum atomic E-state index is 13.3. The van der Waals surface area contributed by atoms with Gasteiger partial charge in [0.15, 0.2) is 11.6 Å². The normalized spacial score (nSPS) is 10.3. The maximum absolute atomic E-state index is 13.3. The van der Waals surface area contributed by atoms with Gasteiger partial charge in [0.25, 0.3) is 0 Å². The number of hydrogen-bond acceptors (Lipinski definition) is 5. The SMILES string of the molecule is O=C(O)c1ccccc1Nc1cc(Nc2ccc(F)c(F)c2)ncn1. The lowest BCUT2D eigenvalue weighted by Crippen LogP contribution is -2.04. The molecule has 3 N–H and O–H groups in total. The summed E-state index contributed by atoms with van der Waals surface area (Å²) in [5, 5.41) is 14.9. The zero-order chi connectivity index (χ0) is 17.8. The number of halogens is 2. The van der Waals surface area contributed by atoms with Gasteiger partial charge in [-0.1, -0.05) is 12.1 Å². The van der Waals surface area contributed by atoms with Crippen LogP contribution in [-0.2, 0) is 0 Å². The van der Waals surface area contributed by atoms with E-state index in [1.165, 1.54) is 24.5 Å². The first kappa shape index (κ1) is 16.3.